The molecule has 1 aliphatic heterocycles. The summed E-state index contributed by atoms with van der Waals surface area (Å²) in [5.41, 5.74) is 7.72. The number of carbonyl (C=O) groups is 1. The Kier molecular flexibility index (Phi) is 4.54. The van der Waals surface area contributed by atoms with Crippen molar-refractivity contribution in [2.24, 2.45) is 5.73 Å². The first kappa shape index (κ1) is 17.5. The van der Waals surface area contributed by atoms with E-state index in [4.69, 9.17) is 5.73 Å². The molecule has 1 saturated heterocycles. The van der Waals surface area contributed by atoms with Gasteiger partial charge in [-0.2, -0.15) is 0 Å². The molecule has 1 atom stereocenters. The van der Waals surface area contributed by atoms with E-state index in [0.29, 0.717) is 6.42 Å². The van der Waals surface area contributed by atoms with Crippen LogP contribution >= 0.6 is 0 Å². The molecule has 0 radical (unpaired) electrons. The first-order valence-corrected chi connectivity index (χ1v) is 9.43. The van der Waals surface area contributed by atoms with Gasteiger partial charge in [-0.1, -0.05) is 91.0 Å². The Morgan fingerprint density at radius 2 is 1.19 bits per heavy atom. The van der Waals surface area contributed by atoms with Crippen molar-refractivity contribution in [3.8, 4) is 0 Å². The van der Waals surface area contributed by atoms with Gasteiger partial charge in [0.25, 0.3) is 0 Å². The zero-order valence-corrected chi connectivity index (χ0v) is 15.3. The summed E-state index contributed by atoms with van der Waals surface area (Å²) in [5.74, 6) is -0.309. The van der Waals surface area contributed by atoms with Crippen molar-refractivity contribution in [2.45, 2.75) is 23.8 Å². The number of nitrogens with one attached hydrogen (secondary N) is 1. The molecule has 0 bridgehead atoms. The van der Waals surface area contributed by atoms with Gasteiger partial charge in [-0.15, -0.1) is 0 Å². The van der Waals surface area contributed by atoms with Crippen molar-refractivity contribution >= 4 is 5.91 Å². The van der Waals surface area contributed by atoms with Crippen LogP contribution in [0.1, 0.15) is 29.5 Å². The highest BCUT2D eigenvalue weighted by Gasteiger charge is 2.59. The Morgan fingerprint density at radius 3 is 1.48 bits per heavy atom. The summed E-state index contributed by atoms with van der Waals surface area (Å²) in [4.78, 5) is 13.0. The smallest absolute Gasteiger partial charge is 0.239 e. The summed E-state index contributed by atoms with van der Waals surface area (Å²) < 4.78 is 0. The summed E-state index contributed by atoms with van der Waals surface area (Å²) in [6, 6.07) is 30.8. The van der Waals surface area contributed by atoms with E-state index >= 15 is 0 Å². The summed E-state index contributed by atoms with van der Waals surface area (Å²) in [7, 11) is 0. The fourth-order valence-corrected chi connectivity index (χ4v) is 4.76. The first-order valence-electron chi connectivity index (χ1n) is 9.43. The minimum atomic E-state index is -0.892. The molecule has 3 heteroatoms. The predicted molar refractivity (Wildman–Crippen MR) is 108 cm³/mol. The molecule has 3 aromatic carbocycles. The maximum Gasteiger partial charge on any atom is 0.239 e. The van der Waals surface area contributed by atoms with Crippen LogP contribution in [0.15, 0.2) is 91.0 Å². The number of rotatable bonds is 5. The Bertz CT molecular complexity index is 804. The number of nitrogens with two attached hydrogens (primary N) is 1. The van der Waals surface area contributed by atoms with Gasteiger partial charge in [0.1, 0.15) is 5.54 Å². The van der Waals surface area contributed by atoms with E-state index in [2.05, 4.69) is 41.7 Å². The average Bonchev–Trinajstić information content (AvgIpc) is 3.23. The van der Waals surface area contributed by atoms with Crippen LogP contribution in [0.5, 0.6) is 0 Å². The topological polar surface area (TPSA) is 55.1 Å². The van der Waals surface area contributed by atoms with Crippen LogP contribution in [-0.4, -0.2) is 18.0 Å². The minimum absolute atomic E-state index is 0.309. The number of hydrogen-bond acceptors (Lipinski definition) is 2. The Morgan fingerprint density at radius 1 is 0.778 bits per heavy atom. The van der Waals surface area contributed by atoms with Gasteiger partial charge in [0.2, 0.25) is 5.91 Å². The molecule has 0 saturated carbocycles. The molecule has 1 fully saturated rings. The number of benzene rings is 3. The molecular formula is C24H24N2O. The molecule has 1 heterocycles. The van der Waals surface area contributed by atoms with Crippen molar-refractivity contribution in [3.63, 3.8) is 0 Å². The standard InChI is InChI=1S/C24H24N2O/c25-22(27)23(17-10-18-26-23)24(19-11-4-1-5-12-19,20-13-6-2-7-14-20)21-15-8-3-9-16-21/h1-9,11-16,26H,10,17-18H2,(H2,25,27). The monoisotopic (exact) mass is 356 g/mol. The number of hydrogen-bond donors (Lipinski definition) is 2. The SMILES string of the molecule is NC(=O)C1(C(c2ccccc2)(c2ccccc2)c2ccccc2)CCCN1. The summed E-state index contributed by atoms with van der Waals surface area (Å²) in [6.07, 6.45) is 1.61. The van der Waals surface area contributed by atoms with Crippen molar-refractivity contribution in [2.75, 3.05) is 6.54 Å². The van der Waals surface area contributed by atoms with Crippen LogP contribution in [0.2, 0.25) is 0 Å². The second-order valence-electron chi connectivity index (χ2n) is 7.15. The van der Waals surface area contributed by atoms with Gasteiger partial charge in [0.15, 0.2) is 0 Å². The van der Waals surface area contributed by atoms with Gasteiger partial charge < -0.3 is 11.1 Å². The van der Waals surface area contributed by atoms with Gasteiger partial charge in [-0.05, 0) is 36.1 Å². The van der Waals surface area contributed by atoms with Gasteiger partial charge in [-0.25, -0.2) is 0 Å². The highest BCUT2D eigenvalue weighted by atomic mass is 16.1. The first-order chi connectivity index (χ1) is 13.2. The van der Waals surface area contributed by atoms with E-state index in [1.54, 1.807) is 0 Å². The van der Waals surface area contributed by atoms with Gasteiger partial charge in [0, 0.05) is 0 Å². The second kappa shape index (κ2) is 7.01. The molecule has 27 heavy (non-hydrogen) atoms. The number of carbonyl (C=O) groups excluding carboxylic acids is 1. The lowest BCUT2D eigenvalue weighted by Gasteiger charge is -2.48. The van der Waals surface area contributed by atoms with Crippen LogP contribution < -0.4 is 11.1 Å². The predicted octanol–water partition coefficient (Wildman–Crippen LogP) is 3.63. The van der Waals surface area contributed by atoms with Gasteiger partial charge >= 0.3 is 0 Å². The molecular weight excluding hydrogens is 332 g/mol. The third kappa shape index (κ3) is 2.58. The maximum atomic E-state index is 13.0. The normalized spacial score (nSPS) is 19.7. The third-order valence-corrected chi connectivity index (χ3v) is 5.84. The van der Waals surface area contributed by atoms with Crippen molar-refractivity contribution in [1.29, 1.82) is 0 Å². The molecule has 0 spiro atoms. The zero-order valence-electron chi connectivity index (χ0n) is 15.3. The van der Waals surface area contributed by atoms with E-state index in [-0.39, 0.29) is 5.91 Å². The Hall–Kier alpha value is -2.91. The van der Waals surface area contributed by atoms with Crippen molar-refractivity contribution < 1.29 is 4.79 Å². The molecule has 0 aromatic heterocycles. The van der Waals surface area contributed by atoms with Crippen LogP contribution in [0.25, 0.3) is 0 Å². The second-order valence-corrected chi connectivity index (χ2v) is 7.15. The number of primary amides is 1. The molecule has 0 aliphatic carbocycles. The van der Waals surface area contributed by atoms with E-state index in [1.807, 2.05) is 54.6 Å². The quantitative estimate of drug-likeness (QED) is 0.686. The minimum Gasteiger partial charge on any atom is -0.368 e. The third-order valence-electron chi connectivity index (χ3n) is 5.84. The fourth-order valence-electron chi connectivity index (χ4n) is 4.76. The van der Waals surface area contributed by atoms with Gasteiger partial charge in [-0.3, -0.25) is 4.79 Å². The Labute approximate surface area is 160 Å². The van der Waals surface area contributed by atoms with Crippen LogP contribution in [0, 0.1) is 0 Å². The van der Waals surface area contributed by atoms with Crippen LogP contribution in [-0.2, 0) is 10.2 Å². The Balaban J connectivity index is 2.15. The van der Waals surface area contributed by atoms with E-state index in [9.17, 15) is 4.79 Å². The highest BCUT2D eigenvalue weighted by Crippen LogP contribution is 2.50. The molecule has 3 aromatic rings. The molecule has 136 valence electrons. The maximum absolute atomic E-state index is 13.0. The molecule has 1 aliphatic rings. The molecule has 4 rings (SSSR count). The molecule has 3 nitrogen and oxygen atoms in total. The van der Waals surface area contributed by atoms with E-state index in [1.165, 1.54) is 0 Å². The van der Waals surface area contributed by atoms with E-state index in [0.717, 1.165) is 29.7 Å². The molecule has 1 unspecified atom stereocenters. The summed E-state index contributed by atoms with van der Waals surface area (Å²) in [5, 5.41) is 3.53. The molecule has 3 N–H and O–H groups in total. The zero-order chi connectivity index (χ0) is 18.7. The average molecular weight is 356 g/mol. The summed E-state index contributed by atoms with van der Waals surface area (Å²) in [6.45, 7) is 0.775. The largest absolute Gasteiger partial charge is 0.368 e. The lowest BCUT2D eigenvalue weighted by Crippen LogP contribution is -2.66. The van der Waals surface area contributed by atoms with E-state index < -0.39 is 11.0 Å². The highest BCUT2D eigenvalue weighted by molar-refractivity contribution is 5.90. The van der Waals surface area contributed by atoms with Gasteiger partial charge in [0.05, 0.1) is 5.41 Å². The van der Waals surface area contributed by atoms with Crippen LogP contribution in [0.3, 0.4) is 0 Å². The summed E-state index contributed by atoms with van der Waals surface area (Å²) >= 11 is 0. The van der Waals surface area contributed by atoms with Crippen molar-refractivity contribution in [3.05, 3.63) is 108 Å². The lowest BCUT2D eigenvalue weighted by molar-refractivity contribution is -0.125. The van der Waals surface area contributed by atoms with Crippen molar-refractivity contribution in [1.82, 2.24) is 5.32 Å². The van der Waals surface area contributed by atoms with Crippen LogP contribution in [0.4, 0.5) is 0 Å². The lowest BCUT2D eigenvalue weighted by atomic mass is 9.57. The molecule has 1 amide bonds. The number of amides is 1. The fraction of sp³-hybridized carbons (Fsp3) is 0.208.